The number of nitrogens with one attached hydrogen (secondary N) is 1. The maximum absolute atomic E-state index is 12.3. The quantitative estimate of drug-likeness (QED) is 0.589. The van der Waals surface area contributed by atoms with E-state index < -0.39 is 17.4 Å². The first kappa shape index (κ1) is 15.4. The van der Waals surface area contributed by atoms with Crippen LogP contribution in [0.4, 0.5) is 0 Å². The first-order chi connectivity index (χ1) is 11.0. The van der Waals surface area contributed by atoms with Crippen LogP contribution in [0, 0.1) is 0 Å². The van der Waals surface area contributed by atoms with Crippen molar-refractivity contribution in [3.63, 3.8) is 0 Å². The zero-order valence-corrected chi connectivity index (χ0v) is 13.3. The molecule has 6 nitrogen and oxygen atoms in total. The van der Waals surface area contributed by atoms with Crippen molar-refractivity contribution < 1.29 is 9.53 Å². The van der Waals surface area contributed by atoms with Crippen LogP contribution >= 0.6 is 11.6 Å². The van der Waals surface area contributed by atoms with Gasteiger partial charge in [-0.2, -0.15) is 0 Å². The van der Waals surface area contributed by atoms with E-state index in [2.05, 4.69) is 15.0 Å². The Morgan fingerprint density at radius 2 is 2.26 bits per heavy atom. The molecular formula is C16H14ClN3O3. The van der Waals surface area contributed by atoms with Crippen LogP contribution in [-0.4, -0.2) is 27.5 Å². The summed E-state index contributed by atoms with van der Waals surface area (Å²) in [7, 11) is 0. The molecule has 1 aromatic carbocycles. The number of carbonyl (C=O) groups is 1. The van der Waals surface area contributed by atoms with Gasteiger partial charge in [-0.05, 0) is 26.0 Å². The molecule has 3 aromatic rings. The minimum absolute atomic E-state index is 0.107. The highest BCUT2D eigenvalue weighted by Crippen LogP contribution is 2.28. The van der Waals surface area contributed by atoms with Crippen molar-refractivity contribution in [1.82, 2.24) is 15.0 Å². The van der Waals surface area contributed by atoms with E-state index in [-0.39, 0.29) is 12.3 Å². The summed E-state index contributed by atoms with van der Waals surface area (Å²) in [6.07, 6.45) is 1.63. The van der Waals surface area contributed by atoms with Gasteiger partial charge in [0.15, 0.2) is 0 Å². The zero-order valence-electron chi connectivity index (χ0n) is 12.6. The van der Waals surface area contributed by atoms with Crippen LogP contribution in [0.5, 0.6) is 0 Å². The van der Waals surface area contributed by atoms with Crippen molar-refractivity contribution in [3.05, 3.63) is 45.5 Å². The van der Waals surface area contributed by atoms with Gasteiger partial charge >= 0.3 is 5.97 Å². The molecule has 0 saturated heterocycles. The number of rotatable bonds is 3. The average Bonchev–Trinajstić information content (AvgIpc) is 2.55. The minimum Gasteiger partial charge on any atom is -0.465 e. The van der Waals surface area contributed by atoms with Gasteiger partial charge in [-0.3, -0.25) is 14.6 Å². The number of esters is 1. The third kappa shape index (κ3) is 2.66. The Bertz CT molecular complexity index is 968. The Balaban J connectivity index is 2.23. The van der Waals surface area contributed by atoms with E-state index in [1.165, 1.54) is 0 Å². The van der Waals surface area contributed by atoms with Crippen LogP contribution < -0.4 is 5.56 Å². The summed E-state index contributed by atoms with van der Waals surface area (Å²) in [6, 6.07) is 5.42. The normalized spacial score (nSPS) is 12.5. The number of benzene rings is 1. The first-order valence-corrected chi connectivity index (χ1v) is 7.54. The highest BCUT2D eigenvalue weighted by atomic mass is 35.5. The second-order valence-corrected chi connectivity index (χ2v) is 5.46. The number of ether oxygens (including phenoxy) is 1. The van der Waals surface area contributed by atoms with E-state index in [1.807, 2.05) is 6.07 Å². The molecule has 118 valence electrons. The molecular weight excluding hydrogens is 318 g/mol. The molecule has 0 bridgehead atoms. The standard InChI is InChI=1S/C16H14ClN3O3/c1-3-23-16(22)8(2)12-15(21)20-14-10(19-12)7-9-5-4-6-18-13(9)11(14)17/h4-8H,3H2,1-2H3,(H,20,21). The number of aromatic nitrogens is 3. The number of aromatic amines is 1. The van der Waals surface area contributed by atoms with Crippen LogP contribution in [0.2, 0.25) is 5.02 Å². The summed E-state index contributed by atoms with van der Waals surface area (Å²) in [5.41, 5.74) is 1.14. The van der Waals surface area contributed by atoms with Crippen molar-refractivity contribution in [1.29, 1.82) is 0 Å². The van der Waals surface area contributed by atoms with Crippen LogP contribution in [0.25, 0.3) is 21.9 Å². The largest absolute Gasteiger partial charge is 0.465 e. The summed E-state index contributed by atoms with van der Waals surface area (Å²) in [5, 5.41) is 1.14. The number of nitrogens with zero attached hydrogens (tertiary/aromatic N) is 2. The van der Waals surface area contributed by atoms with Crippen LogP contribution in [-0.2, 0) is 9.53 Å². The Labute approximate surface area is 136 Å². The number of fused-ring (bicyclic) bond motifs is 2. The summed E-state index contributed by atoms with van der Waals surface area (Å²) in [4.78, 5) is 35.4. The fraction of sp³-hybridized carbons (Fsp3) is 0.250. The number of halogens is 1. The zero-order chi connectivity index (χ0) is 16.6. The number of H-pyrrole nitrogens is 1. The first-order valence-electron chi connectivity index (χ1n) is 7.16. The molecule has 2 heterocycles. The third-order valence-electron chi connectivity index (χ3n) is 3.58. The lowest BCUT2D eigenvalue weighted by atomic mass is 10.1. The molecule has 0 aliphatic heterocycles. The predicted octanol–water partition coefficient (Wildman–Crippen LogP) is 2.79. The van der Waals surface area contributed by atoms with Gasteiger partial charge in [-0.15, -0.1) is 0 Å². The van der Waals surface area contributed by atoms with Crippen molar-refractivity contribution in [2.45, 2.75) is 19.8 Å². The molecule has 0 radical (unpaired) electrons. The Morgan fingerprint density at radius 1 is 1.48 bits per heavy atom. The average molecular weight is 332 g/mol. The van der Waals surface area contributed by atoms with Crippen LogP contribution in [0.15, 0.2) is 29.2 Å². The van der Waals surface area contributed by atoms with Gasteiger partial charge in [0.25, 0.3) is 5.56 Å². The third-order valence-corrected chi connectivity index (χ3v) is 3.95. The topological polar surface area (TPSA) is 84.9 Å². The second-order valence-electron chi connectivity index (χ2n) is 5.08. The number of hydrogen-bond donors (Lipinski definition) is 1. The van der Waals surface area contributed by atoms with Gasteiger partial charge < -0.3 is 9.72 Å². The summed E-state index contributed by atoms with van der Waals surface area (Å²) < 4.78 is 4.95. The monoisotopic (exact) mass is 331 g/mol. The Hall–Kier alpha value is -2.47. The molecule has 1 N–H and O–H groups in total. The van der Waals surface area contributed by atoms with Gasteiger partial charge in [-0.1, -0.05) is 17.7 Å². The molecule has 1 unspecified atom stereocenters. The van der Waals surface area contributed by atoms with Gasteiger partial charge in [0.2, 0.25) is 0 Å². The molecule has 1 atom stereocenters. The molecule has 0 saturated carbocycles. The maximum atomic E-state index is 12.3. The lowest BCUT2D eigenvalue weighted by Crippen LogP contribution is -2.23. The van der Waals surface area contributed by atoms with Crippen LogP contribution in [0.1, 0.15) is 25.5 Å². The SMILES string of the molecule is CCOC(=O)C(C)c1nc2cc3cccnc3c(Cl)c2[nH]c1=O. The van der Waals surface area contributed by atoms with Gasteiger partial charge in [0, 0.05) is 11.6 Å². The number of hydrogen-bond acceptors (Lipinski definition) is 5. The molecule has 0 amide bonds. The van der Waals surface area contributed by atoms with E-state index >= 15 is 0 Å². The van der Waals surface area contributed by atoms with E-state index in [0.29, 0.717) is 21.6 Å². The Morgan fingerprint density at radius 3 is 3.00 bits per heavy atom. The molecule has 2 aromatic heterocycles. The number of carbonyl (C=O) groups excluding carboxylic acids is 1. The fourth-order valence-electron chi connectivity index (χ4n) is 2.41. The molecule has 0 spiro atoms. The van der Waals surface area contributed by atoms with Crippen LogP contribution in [0.3, 0.4) is 0 Å². The summed E-state index contributed by atoms with van der Waals surface area (Å²) >= 11 is 6.33. The fourth-order valence-corrected chi connectivity index (χ4v) is 2.71. The van der Waals surface area contributed by atoms with E-state index in [4.69, 9.17) is 16.3 Å². The molecule has 0 aliphatic rings. The molecule has 3 rings (SSSR count). The van der Waals surface area contributed by atoms with Gasteiger partial charge in [0.05, 0.1) is 28.2 Å². The minimum atomic E-state index is -0.758. The van der Waals surface area contributed by atoms with E-state index in [9.17, 15) is 9.59 Å². The lowest BCUT2D eigenvalue weighted by Gasteiger charge is -2.11. The maximum Gasteiger partial charge on any atom is 0.314 e. The van der Waals surface area contributed by atoms with Crippen molar-refractivity contribution in [2.75, 3.05) is 6.61 Å². The summed E-state index contributed by atoms with van der Waals surface area (Å²) in [5.74, 6) is -1.25. The van der Waals surface area contributed by atoms with Crippen molar-refractivity contribution in [3.8, 4) is 0 Å². The molecule has 0 fully saturated rings. The highest BCUT2D eigenvalue weighted by Gasteiger charge is 2.22. The van der Waals surface area contributed by atoms with Crippen molar-refractivity contribution >= 4 is 39.5 Å². The van der Waals surface area contributed by atoms with Gasteiger partial charge in [-0.25, -0.2) is 4.98 Å². The molecule has 23 heavy (non-hydrogen) atoms. The second kappa shape index (κ2) is 5.96. The van der Waals surface area contributed by atoms with E-state index in [1.54, 1.807) is 32.2 Å². The molecule has 0 aliphatic carbocycles. The van der Waals surface area contributed by atoms with Crippen molar-refractivity contribution in [2.24, 2.45) is 0 Å². The van der Waals surface area contributed by atoms with E-state index in [0.717, 1.165) is 5.39 Å². The predicted molar refractivity (Wildman–Crippen MR) is 87.7 cm³/mol. The molecule has 7 heteroatoms. The Kier molecular flexibility index (Phi) is 4.00. The smallest absolute Gasteiger partial charge is 0.314 e. The summed E-state index contributed by atoms with van der Waals surface area (Å²) in [6.45, 7) is 3.55. The number of pyridine rings is 1. The highest BCUT2D eigenvalue weighted by molar-refractivity contribution is 6.39. The lowest BCUT2D eigenvalue weighted by molar-refractivity contribution is -0.144. The van der Waals surface area contributed by atoms with Gasteiger partial charge in [0.1, 0.15) is 11.6 Å².